The Bertz CT molecular complexity index is 1660. The number of rotatable bonds is 6. The van der Waals surface area contributed by atoms with Crippen LogP contribution in [0.25, 0.3) is 33.2 Å². The lowest BCUT2D eigenvalue weighted by molar-refractivity contribution is 0.102. The number of benzene rings is 3. The zero-order chi connectivity index (χ0) is 25.4. The maximum atomic E-state index is 13.7. The van der Waals surface area contributed by atoms with E-state index in [9.17, 15) is 9.59 Å². The number of para-hydroxylation sites is 2. The molecule has 36 heavy (non-hydrogen) atoms. The fourth-order valence-electron chi connectivity index (χ4n) is 4.45. The van der Waals surface area contributed by atoms with Crippen molar-refractivity contribution in [3.8, 4) is 28.6 Å². The predicted molar refractivity (Wildman–Crippen MR) is 138 cm³/mol. The molecule has 9 heteroatoms. The largest absolute Gasteiger partial charge is 0.493 e. The van der Waals surface area contributed by atoms with Crippen LogP contribution < -0.4 is 25.1 Å². The molecule has 2 heterocycles. The number of carbonyl (C=O) groups excluding carboxylic acids is 1. The maximum absolute atomic E-state index is 13.7. The van der Waals surface area contributed by atoms with E-state index in [-0.39, 0.29) is 5.56 Å². The molecule has 5 rings (SSSR count). The van der Waals surface area contributed by atoms with E-state index in [4.69, 9.17) is 19.2 Å². The minimum absolute atomic E-state index is 0.278. The van der Waals surface area contributed by atoms with Gasteiger partial charge >= 0.3 is 0 Å². The van der Waals surface area contributed by atoms with Gasteiger partial charge in [-0.15, -0.1) is 0 Å². The summed E-state index contributed by atoms with van der Waals surface area (Å²) in [5.41, 5.74) is 2.40. The molecule has 0 fully saturated rings. The van der Waals surface area contributed by atoms with Crippen molar-refractivity contribution in [3.05, 3.63) is 76.7 Å². The number of nitrogens with zero attached hydrogens (tertiary/aromatic N) is 2. The standard InChI is InChI=1S/C27H24N4O5/c1-31-19-12-8-6-10-17(19)22(25-29-18-11-7-5-9-16(18)26(32)30-25)23(31)27(33)28-15-13-20(34-2)24(36-4)21(14-15)35-3/h5-14H,1-4H3,(H,28,33)(H,29,30,32). The van der Waals surface area contributed by atoms with E-state index in [1.165, 1.54) is 21.3 Å². The first-order valence-electron chi connectivity index (χ1n) is 11.1. The lowest BCUT2D eigenvalue weighted by Gasteiger charge is -2.15. The summed E-state index contributed by atoms with van der Waals surface area (Å²) in [4.78, 5) is 34.1. The number of amides is 1. The Morgan fingerprint density at radius 1 is 0.917 bits per heavy atom. The number of carbonyl (C=O) groups is 1. The highest BCUT2D eigenvalue weighted by atomic mass is 16.5. The molecule has 0 saturated heterocycles. The first-order valence-corrected chi connectivity index (χ1v) is 11.1. The van der Waals surface area contributed by atoms with Crippen LogP contribution in [-0.2, 0) is 7.05 Å². The van der Waals surface area contributed by atoms with E-state index in [0.29, 0.717) is 50.9 Å². The van der Waals surface area contributed by atoms with Gasteiger partial charge in [-0.2, -0.15) is 0 Å². The summed E-state index contributed by atoms with van der Waals surface area (Å²) < 4.78 is 18.0. The predicted octanol–water partition coefficient (Wildman–Crippen LogP) is 4.36. The third-order valence-electron chi connectivity index (χ3n) is 6.09. The highest BCUT2D eigenvalue weighted by molar-refractivity contribution is 6.14. The summed E-state index contributed by atoms with van der Waals surface area (Å²) in [6.07, 6.45) is 0. The van der Waals surface area contributed by atoms with Gasteiger partial charge < -0.3 is 29.1 Å². The molecule has 0 atom stereocenters. The molecule has 3 aromatic carbocycles. The average molecular weight is 485 g/mol. The summed E-state index contributed by atoms with van der Waals surface area (Å²) in [6, 6.07) is 18.0. The molecule has 0 aliphatic carbocycles. The molecule has 0 saturated carbocycles. The van der Waals surface area contributed by atoms with Crippen molar-refractivity contribution in [2.24, 2.45) is 7.05 Å². The van der Waals surface area contributed by atoms with Crippen LogP contribution in [0.5, 0.6) is 17.2 Å². The van der Waals surface area contributed by atoms with Gasteiger partial charge in [-0.1, -0.05) is 30.3 Å². The van der Waals surface area contributed by atoms with Crippen molar-refractivity contribution >= 4 is 33.4 Å². The Kier molecular flexibility index (Phi) is 5.81. The van der Waals surface area contributed by atoms with Crippen LogP contribution in [0.1, 0.15) is 10.5 Å². The summed E-state index contributed by atoms with van der Waals surface area (Å²) in [5.74, 6) is 1.15. The highest BCUT2D eigenvalue weighted by Gasteiger charge is 2.25. The number of aromatic amines is 1. The topological polar surface area (TPSA) is 107 Å². The SMILES string of the molecule is COc1cc(NC(=O)c2c(-c3nc4ccccc4c(=O)[nH]3)c3ccccc3n2C)cc(OC)c1OC. The number of aromatic nitrogens is 3. The summed E-state index contributed by atoms with van der Waals surface area (Å²) in [6.45, 7) is 0. The van der Waals surface area contributed by atoms with Crippen LogP contribution >= 0.6 is 0 Å². The average Bonchev–Trinajstić information content (AvgIpc) is 3.20. The minimum Gasteiger partial charge on any atom is -0.493 e. The molecule has 0 spiro atoms. The lowest BCUT2D eigenvalue weighted by Crippen LogP contribution is -2.18. The van der Waals surface area contributed by atoms with Crippen LogP contribution in [0.4, 0.5) is 5.69 Å². The third-order valence-corrected chi connectivity index (χ3v) is 6.09. The Balaban J connectivity index is 1.69. The van der Waals surface area contributed by atoms with Crippen molar-refractivity contribution in [1.29, 1.82) is 0 Å². The second-order valence-corrected chi connectivity index (χ2v) is 8.10. The van der Waals surface area contributed by atoms with Gasteiger partial charge in [-0.3, -0.25) is 9.59 Å². The Labute approximate surface area is 206 Å². The van der Waals surface area contributed by atoms with Crippen molar-refractivity contribution in [2.75, 3.05) is 26.6 Å². The number of anilines is 1. The van der Waals surface area contributed by atoms with Gasteiger partial charge in [0.15, 0.2) is 11.5 Å². The molecule has 2 aromatic heterocycles. The molecule has 0 aliphatic rings. The number of fused-ring (bicyclic) bond motifs is 2. The molecule has 5 aromatic rings. The normalized spacial score (nSPS) is 11.0. The smallest absolute Gasteiger partial charge is 0.273 e. The van der Waals surface area contributed by atoms with Crippen molar-refractivity contribution in [1.82, 2.24) is 14.5 Å². The number of aryl methyl sites for hydroxylation is 1. The summed E-state index contributed by atoms with van der Waals surface area (Å²) in [7, 11) is 6.33. The minimum atomic E-state index is -0.395. The van der Waals surface area contributed by atoms with Crippen LogP contribution in [0.2, 0.25) is 0 Å². The number of methoxy groups -OCH3 is 3. The summed E-state index contributed by atoms with van der Waals surface area (Å²) in [5, 5.41) is 4.19. The number of ether oxygens (including phenoxy) is 3. The molecule has 0 unspecified atom stereocenters. The van der Waals surface area contributed by atoms with Crippen LogP contribution in [0.3, 0.4) is 0 Å². The zero-order valence-electron chi connectivity index (χ0n) is 20.2. The number of hydrogen-bond acceptors (Lipinski definition) is 6. The van der Waals surface area contributed by atoms with E-state index in [1.54, 1.807) is 41.9 Å². The molecule has 1 amide bonds. The van der Waals surface area contributed by atoms with Gasteiger partial charge in [-0.05, 0) is 18.2 Å². The molecule has 9 nitrogen and oxygen atoms in total. The Morgan fingerprint density at radius 2 is 1.56 bits per heavy atom. The van der Waals surface area contributed by atoms with Crippen LogP contribution in [-0.4, -0.2) is 41.8 Å². The molecule has 0 bridgehead atoms. The molecular formula is C27H24N4O5. The Morgan fingerprint density at radius 3 is 2.22 bits per heavy atom. The van der Waals surface area contributed by atoms with Gasteiger partial charge in [-0.25, -0.2) is 4.98 Å². The molecular weight excluding hydrogens is 460 g/mol. The van der Waals surface area contributed by atoms with Gasteiger partial charge in [0.25, 0.3) is 11.5 Å². The van der Waals surface area contributed by atoms with E-state index in [2.05, 4.69) is 10.3 Å². The van der Waals surface area contributed by atoms with Gasteiger partial charge in [0.1, 0.15) is 11.5 Å². The summed E-state index contributed by atoms with van der Waals surface area (Å²) >= 11 is 0. The zero-order valence-corrected chi connectivity index (χ0v) is 20.2. The molecule has 0 radical (unpaired) electrons. The number of nitrogens with one attached hydrogen (secondary N) is 2. The van der Waals surface area contributed by atoms with Gasteiger partial charge in [0.2, 0.25) is 5.75 Å². The van der Waals surface area contributed by atoms with Crippen molar-refractivity contribution in [2.45, 2.75) is 0 Å². The quantitative estimate of drug-likeness (QED) is 0.371. The highest BCUT2D eigenvalue weighted by Crippen LogP contribution is 2.40. The second kappa shape index (κ2) is 9.10. The van der Waals surface area contributed by atoms with E-state index < -0.39 is 5.91 Å². The first-order chi connectivity index (χ1) is 17.5. The monoisotopic (exact) mass is 484 g/mol. The van der Waals surface area contributed by atoms with E-state index in [0.717, 1.165) is 10.9 Å². The van der Waals surface area contributed by atoms with Gasteiger partial charge in [0.05, 0.1) is 37.8 Å². The van der Waals surface area contributed by atoms with E-state index >= 15 is 0 Å². The van der Waals surface area contributed by atoms with E-state index in [1.807, 2.05) is 30.3 Å². The van der Waals surface area contributed by atoms with Gasteiger partial charge in [0, 0.05) is 35.8 Å². The second-order valence-electron chi connectivity index (χ2n) is 8.10. The molecule has 0 aliphatic heterocycles. The van der Waals surface area contributed by atoms with Crippen LogP contribution in [0.15, 0.2) is 65.5 Å². The maximum Gasteiger partial charge on any atom is 0.273 e. The Hall–Kier alpha value is -4.79. The molecule has 182 valence electrons. The van der Waals surface area contributed by atoms with Crippen molar-refractivity contribution < 1.29 is 19.0 Å². The fraction of sp³-hybridized carbons (Fsp3) is 0.148. The number of hydrogen-bond donors (Lipinski definition) is 2. The lowest BCUT2D eigenvalue weighted by atomic mass is 10.1. The fourth-order valence-corrected chi connectivity index (χ4v) is 4.45. The van der Waals surface area contributed by atoms with Crippen molar-refractivity contribution in [3.63, 3.8) is 0 Å². The number of H-pyrrole nitrogens is 1. The molecule has 2 N–H and O–H groups in total. The third kappa shape index (κ3) is 3.70. The first kappa shape index (κ1) is 23.0. The van der Waals surface area contributed by atoms with Crippen LogP contribution in [0, 0.1) is 0 Å².